The van der Waals surface area contributed by atoms with E-state index in [1.165, 1.54) is 37.0 Å². The highest BCUT2D eigenvalue weighted by Gasteiger charge is 2.87. The van der Waals surface area contributed by atoms with Crippen LogP contribution in [0.25, 0.3) is 0 Å². The van der Waals surface area contributed by atoms with Crippen molar-refractivity contribution >= 4 is 17.7 Å². The second-order valence-corrected chi connectivity index (χ2v) is 16.8. The van der Waals surface area contributed by atoms with Crippen molar-refractivity contribution in [2.75, 3.05) is 6.61 Å². The first-order valence-electron chi connectivity index (χ1n) is 18.0. The van der Waals surface area contributed by atoms with E-state index in [0.29, 0.717) is 16.7 Å². The van der Waals surface area contributed by atoms with Gasteiger partial charge in [0.15, 0.2) is 11.4 Å². The molecule has 3 N–H and O–H groups in total. The number of Topliss-reactive ketones (excluding diaryl/α,β-unsaturated/α-hetero) is 1. The largest absolute Gasteiger partial charge is 0.454 e. The quantitative estimate of drug-likeness (QED) is 0.113. The summed E-state index contributed by atoms with van der Waals surface area (Å²) in [5, 5.41) is 35.0. The lowest BCUT2D eigenvalue weighted by atomic mass is 9.59. The molecule has 5 aliphatic rings. The van der Waals surface area contributed by atoms with Gasteiger partial charge in [-0.2, -0.15) is 0 Å². The molecule has 0 aromatic heterocycles. The molecule has 8 nitrogen and oxygen atoms in total. The fraction of sp³-hybridized carbons (Fsp3) is 0.595. The van der Waals surface area contributed by atoms with Gasteiger partial charge in [0.05, 0.1) is 12.2 Å². The summed E-state index contributed by atoms with van der Waals surface area (Å²) >= 11 is 0. The summed E-state index contributed by atoms with van der Waals surface area (Å²) in [5.74, 6) is -4.88. The lowest BCUT2D eigenvalue weighted by Gasteiger charge is -2.53. The Kier molecular flexibility index (Phi) is 9.87. The molecule has 0 bridgehead atoms. The normalized spacial score (nSPS) is 37.9. The van der Waals surface area contributed by atoms with Gasteiger partial charge >= 0.3 is 11.9 Å². The van der Waals surface area contributed by atoms with E-state index < -0.39 is 76.3 Å². The molecular formula is C42H56O8. The molecule has 8 atom stereocenters. The summed E-state index contributed by atoms with van der Waals surface area (Å²) in [6, 6.07) is 0. The minimum atomic E-state index is -1.98. The van der Waals surface area contributed by atoms with Crippen LogP contribution in [0.15, 0.2) is 82.0 Å². The molecule has 0 amide bonds. The number of aliphatic hydroxyl groups is 3. The zero-order valence-corrected chi connectivity index (χ0v) is 31.4. The maximum atomic E-state index is 13.6. The van der Waals surface area contributed by atoms with Crippen LogP contribution in [0.1, 0.15) is 94.9 Å². The predicted molar refractivity (Wildman–Crippen MR) is 192 cm³/mol. The average molecular weight is 689 g/mol. The molecule has 0 heterocycles. The number of hydrogen-bond acceptors (Lipinski definition) is 8. The third-order valence-electron chi connectivity index (χ3n) is 12.6. The maximum Gasteiger partial charge on any atom is 0.331 e. The van der Waals surface area contributed by atoms with Crippen LogP contribution >= 0.6 is 0 Å². The van der Waals surface area contributed by atoms with Crippen molar-refractivity contribution in [3.63, 3.8) is 0 Å². The molecule has 0 unspecified atom stereocenters. The van der Waals surface area contributed by atoms with E-state index >= 15 is 0 Å². The van der Waals surface area contributed by atoms with Gasteiger partial charge in [-0.1, -0.05) is 88.3 Å². The number of allylic oxidation sites excluding steroid dienone is 9. The first-order chi connectivity index (χ1) is 23.2. The lowest BCUT2D eigenvalue weighted by molar-refractivity contribution is -0.226. The molecule has 5 aliphatic carbocycles. The third kappa shape index (κ3) is 5.95. The Labute approximate surface area is 297 Å². The molecule has 272 valence electrons. The molecule has 0 radical (unpaired) electrons. The Hall–Kier alpha value is -3.33. The number of carbonyl (C=O) groups excluding carboxylic acids is 3. The Morgan fingerprint density at radius 3 is 2.32 bits per heavy atom. The molecule has 0 aliphatic heterocycles. The number of esters is 2. The van der Waals surface area contributed by atoms with E-state index in [-0.39, 0.29) is 11.8 Å². The predicted octanol–water partition coefficient (Wildman–Crippen LogP) is 6.58. The van der Waals surface area contributed by atoms with Crippen molar-refractivity contribution in [3.05, 3.63) is 82.0 Å². The lowest BCUT2D eigenvalue weighted by Crippen LogP contribution is -2.66. The first-order valence-corrected chi connectivity index (χ1v) is 18.0. The van der Waals surface area contributed by atoms with Crippen molar-refractivity contribution in [3.8, 4) is 0 Å². The van der Waals surface area contributed by atoms with Crippen LogP contribution in [0, 0.1) is 34.5 Å². The van der Waals surface area contributed by atoms with E-state index in [0.717, 1.165) is 12.0 Å². The number of aliphatic hydroxyl groups excluding tert-OH is 1. The van der Waals surface area contributed by atoms with Gasteiger partial charge in [-0.15, -0.1) is 0 Å². The molecule has 5 rings (SSSR count). The zero-order valence-electron chi connectivity index (χ0n) is 31.4. The van der Waals surface area contributed by atoms with Crippen LogP contribution in [0.3, 0.4) is 0 Å². The Balaban J connectivity index is 1.44. The molecule has 2 saturated carbocycles. The molecule has 2 fully saturated rings. The van der Waals surface area contributed by atoms with Crippen LogP contribution in [0.4, 0.5) is 0 Å². The van der Waals surface area contributed by atoms with Gasteiger partial charge in [0.1, 0.15) is 11.7 Å². The van der Waals surface area contributed by atoms with E-state index in [4.69, 9.17) is 9.47 Å². The van der Waals surface area contributed by atoms with Gasteiger partial charge in [-0.05, 0) is 74.7 Å². The van der Waals surface area contributed by atoms with Crippen LogP contribution in [0.2, 0.25) is 0 Å². The third-order valence-corrected chi connectivity index (χ3v) is 12.6. The molecular weight excluding hydrogens is 632 g/mol. The van der Waals surface area contributed by atoms with Gasteiger partial charge in [0, 0.05) is 48.5 Å². The zero-order chi connectivity index (χ0) is 37.2. The van der Waals surface area contributed by atoms with Crippen molar-refractivity contribution in [2.24, 2.45) is 34.5 Å². The van der Waals surface area contributed by atoms with Gasteiger partial charge in [0.25, 0.3) is 0 Å². The van der Waals surface area contributed by atoms with E-state index in [1.54, 1.807) is 32.9 Å². The molecule has 50 heavy (non-hydrogen) atoms. The second-order valence-electron chi connectivity index (χ2n) is 16.8. The second kappa shape index (κ2) is 13.0. The highest BCUT2D eigenvalue weighted by atomic mass is 16.6. The Morgan fingerprint density at radius 2 is 1.70 bits per heavy atom. The number of carbonyl (C=O) groups is 3. The molecule has 0 spiro atoms. The van der Waals surface area contributed by atoms with Gasteiger partial charge in [-0.25, -0.2) is 4.79 Å². The Bertz CT molecular complexity index is 1680. The van der Waals surface area contributed by atoms with Crippen molar-refractivity contribution < 1.29 is 39.2 Å². The molecule has 0 saturated heterocycles. The highest BCUT2D eigenvalue weighted by molar-refractivity contribution is 6.04. The molecule has 8 heteroatoms. The average Bonchev–Trinajstić information content (AvgIpc) is 3.43. The van der Waals surface area contributed by atoms with Gasteiger partial charge < -0.3 is 24.8 Å². The minimum Gasteiger partial charge on any atom is -0.454 e. The fourth-order valence-electron chi connectivity index (χ4n) is 10.1. The molecule has 0 aromatic carbocycles. The van der Waals surface area contributed by atoms with Crippen LogP contribution in [-0.2, 0) is 23.9 Å². The number of ether oxygens (including phenoxy) is 2. The number of hydrogen-bond donors (Lipinski definition) is 3. The summed E-state index contributed by atoms with van der Waals surface area (Å²) in [7, 11) is 0. The minimum absolute atomic E-state index is 0.141. The number of rotatable bonds is 8. The summed E-state index contributed by atoms with van der Waals surface area (Å²) in [5.41, 5.74) is -0.346. The van der Waals surface area contributed by atoms with Crippen LogP contribution in [-0.4, -0.2) is 62.6 Å². The van der Waals surface area contributed by atoms with Crippen LogP contribution in [0.5, 0.6) is 0 Å². The summed E-state index contributed by atoms with van der Waals surface area (Å²) in [4.78, 5) is 39.6. The van der Waals surface area contributed by atoms with E-state index in [1.807, 2.05) is 39.0 Å². The van der Waals surface area contributed by atoms with E-state index in [2.05, 4.69) is 32.9 Å². The summed E-state index contributed by atoms with van der Waals surface area (Å²) in [6.45, 7) is 18.7. The summed E-state index contributed by atoms with van der Waals surface area (Å²) in [6.07, 6.45) is 17.0. The van der Waals surface area contributed by atoms with Gasteiger partial charge in [-0.3, -0.25) is 9.59 Å². The first kappa shape index (κ1) is 37.9. The smallest absolute Gasteiger partial charge is 0.331 e. The van der Waals surface area contributed by atoms with Crippen molar-refractivity contribution in [2.45, 2.75) is 118 Å². The monoisotopic (exact) mass is 688 g/mol. The SMILES string of the molecule is CC(=O)O[C@@]12[C@H](OC(=O)/C=C(C)/C=C/C=C(C)/C=C/C3=C(C)CCCC3(C)C)[C@@H](C)[C@@]3(O)[C@@H](C=C(CO)C[C@]4(O)C(=O)C(C)=C[C@@H]34)[C@H]1C2(C)C. The van der Waals surface area contributed by atoms with Crippen molar-refractivity contribution in [1.29, 1.82) is 0 Å². The standard InChI is InChI=1S/C42H56O8/c1-24(16-17-31-26(3)15-12-18-38(31,7)8)13-11-14-25(2)19-34(45)49-37-28(5)41(48)32(35-39(9,10)42(35,37)50-29(6)44)21-30(23-43)22-40(47)33(41)20-27(4)36(40)46/h11,13-14,16-17,19-21,28,32-33,35,37,43,47-48H,12,15,18,22-23H2,1-10H3/b14-11+,17-16+,24-13+,25-19+/t28-,32+,33-,35+,37-,40-,41-,42-/m1/s1. The highest BCUT2D eigenvalue weighted by Crippen LogP contribution is 2.77. The van der Waals surface area contributed by atoms with Gasteiger partial charge in [0.2, 0.25) is 0 Å². The van der Waals surface area contributed by atoms with Crippen molar-refractivity contribution in [1.82, 2.24) is 0 Å². The number of ketones is 1. The number of fused-ring (bicyclic) bond motifs is 5. The topological polar surface area (TPSA) is 130 Å². The maximum absolute atomic E-state index is 13.6. The van der Waals surface area contributed by atoms with Crippen LogP contribution < -0.4 is 0 Å². The fourth-order valence-corrected chi connectivity index (χ4v) is 10.1. The van der Waals surface area contributed by atoms with E-state index in [9.17, 15) is 29.7 Å². The summed E-state index contributed by atoms with van der Waals surface area (Å²) < 4.78 is 12.3. The Morgan fingerprint density at radius 1 is 1.02 bits per heavy atom. The molecule has 0 aromatic rings.